The van der Waals surface area contributed by atoms with Gasteiger partial charge in [0, 0.05) is 49.7 Å². The molecule has 0 bridgehead atoms. The number of benzene rings is 8. The predicted octanol–water partition coefficient (Wildman–Crippen LogP) is 13.5. The van der Waals surface area contributed by atoms with E-state index in [0.717, 1.165) is 66.9 Å². The van der Waals surface area contributed by atoms with Crippen LogP contribution in [0, 0.1) is 0 Å². The number of nitrogens with zero attached hydrogens (tertiary/aromatic N) is 2. The Morgan fingerprint density at radius 1 is 0.392 bits per heavy atom. The molecule has 2 aromatic heterocycles. The van der Waals surface area contributed by atoms with Crippen molar-refractivity contribution in [3.63, 3.8) is 0 Å². The molecule has 0 amide bonds. The van der Waals surface area contributed by atoms with Gasteiger partial charge in [0.1, 0.15) is 11.2 Å². The number of anilines is 3. The molecule has 8 aromatic carbocycles. The summed E-state index contributed by atoms with van der Waals surface area (Å²) in [6.07, 6.45) is 0. The normalized spacial score (nSPS) is 11.5. The van der Waals surface area contributed by atoms with Gasteiger partial charge < -0.3 is 13.9 Å². The molecule has 0 saturated heterocycles. The SMILES string of the molecule is c1ccc(-c2ccccc2N(c2ccc(-c3cccc4c3oc3ccccc34)cc2)c2ccc3c4ccccc4n(-c4ccccc4)c3c2)cc1. The molecular weight excluding hydrogens is 621 g/mol. The average Bonchev–Trinajstić information content (AvgIpc) is 3.75. The van der Waals surface area contributed by atoms with Crippen LogP contribution >= 0.6 is 0 Å². The van der Waals surface area contributed by atoms with Crippen LogP contribution in [0.1, 0.15) is 0 Å². The fourth-order valence-electron chi connectivity index (χ4n) is 7.68. The van der Waals surface area contributed by atoms with Crippen LogP contribution in [0.2, 0.25) is 0 Å². The molecule has 51 heavy (non-hydrogen) atoms. The Hall–Kier alpha value is -6.84. The first kappa shape index (κ1) is 29.1. The van der Waals surface area contributed by atoms with Crippen LogP contribution < -0.4 is 4.90 Å². The summed E-state index contributed by atoms with van der Waals surface area (Å²) in [6.45, 7) is 0. The second-order valence-electron chi connectivity index (χ2n) is 12.9. The lowest BCUT2D eigenvalue weighted by Crippen LogP contribution is -2.11. The molecule has 3 nitrogen and oxygen atoms in total. The highest BCUT2D eigenvalue weighted by Crippen LogP contribution is 2.44. The van der Waals surface area contributed by atoms with E-state index in [0.29, 0.717) is 0 Å². The van der Waals surface area contributed by atoms with Gasteiger partial charge in [0.05, 0.1) is 16.7 Å². The number of furan rings is 1. The summed E-state index contributed by atoms with van der Waals surface area (Å²) in [5.41, 5.74) is 13.1. The van der Waals surface area contributed by atoms with Crippen LogP contribution in [0.3, 0.4) is 0 Å². The Kier molecular flexibility index (Phi) is 6.81. The highest BCUT2D eigenvalue weighted by atomic mass is 16.3. The topological polar surface area (TPSA) is 21.3 Å². The van der Waals surface area contributed by atoms with Crippen molar-refractivity contribution in [3.8, 4) is 27.9 Å². The van der Waals surface area contributed by atoms with Gasteiger partial charge in [-0.1, -0.05) is 140 Å². The molecule has 0 N–H and O–H groups in total. The molecule has 10 aromatic rings. The van der Waals surface area contributed by atoms with E-state index < -0.39 is 0 Å². The van der Waals surface area contributed by atoms with E-state index in [1.54, 1.807) is 0 Å². The van der Waals surface area contributed by atoms with E-state index in [-0.39, 0.29) is 0 Å². The second-order valence-corrected chi connectivity index (χ2v) is 12.9. The van der Waals surface area contributed by atoms with Crippen molar-refractivity contribution in [1.82, 2.24) is 4.57 Å². The van der Waals surface area contributed by atoms with Crippen molar-refractivity contribution in [2.24, 2.45) is 0 Å². The van der Waals surface area contributed by atoms with Crippen molar-refractivity contribution >= 4 is 60.8 Å². The van der Waals surface area contributed by atoms with Gasteiger partial charge >= 0.3 is 0 Å². The Morgan fingerprint density at radius 2 is 1.00 bits per heavy atom. The molecule has 0 saturated carbocycles. The van der Waals surface area contributed by atoms with Gasteiger partial charge in [0.2, 0.25) is 0 Å². The van der Waals surface area contributed by atoms with E-state index >= 15 is 0 Å². The Labute approximate surface area is 295 Å². The van der Waals surface area contributed by atoms with E-state index in [1.165, 1.54) is 21.9 Å². The van der Waals surface area contributed by atoms with Crippen molar-refractivity contribution in [3.05, 3.63) is 194 Å². The van der Waals surface area contributed by atoms with Crippen LogP contribution in [-0.4, -0.2) is 4.57 Å². The van der Waals surface area contributed by atoms with E-state index in [2.05, 4.69) is 191 Å². The lowest BCUT2D eigenvalue weighted by molar-refractivity contribution is 0.670. The zero-order valence-corrected chi connectivity index (χ0v) is 27.8. The summed E-state index contributed by atoms with van der Waals surface area (Å²) in [5.74, 6) is 0. The van der Waals surface area contributed by atoms with Gasteiger partial charge in [-0.25, -0.2) is 0 Å². The summed E-state index contributed by atoms with van der Waals surface area (Å²) >= 11 is 0. The fourth-order valence-corrected chi connectivity index (χ4v) is 7.68. The largest absolute Gasteiger partial charge is 0.455 e. The molecule has 3 heteroatoms. The molecule has 0 aliphatic carbocycles. The standard InChI is InChI=1S/C48H32N2O/c1-3-14-33(15-4-1)38-18-7-10-23-44(38)49(36-28-26-34(27-29-36)39-21-13-22-43-42-20-9-12-25-47(42)51-48(39)43)37-30-31-41-40-19-8-11-24-45(40)50(46(41)32-37)35-16-5-2-6-17-35/h1-32H. The Bertz CT molecular complexity index is 2850. The first-order valence-electron chi connectivity index (χ1n) is 17.4. The van der Waals surface area contributed by atoms with E-state index in [9.17, 15) is 0 Å². The van der Waals surface area contributed by atoms with E-state index in [1.807, 2.05) is 12.1 Å². The number of aromatic nitrogens is 1. The van der Waals surface area contributed by atoms with Gasteiger partial charge in [-0.05, 0) is 65.7 Å². The summed E-state index contributed by atoms with van der Waals surface area (Å²) in [6, 6.07) is 69.1. The molecule has 0 aliphatic heterocycles. The van der Waals surface area contributed by atoms with Crippen LogP contribution in [0.25, 0.3) is 71.7 Å². The average molecular weight is 653 g/mol. The van der Waals surface area contributed by atoms with E-state index in [4.69, 9.17) is 4.42 Å². The van der Waals surface area contributed by atoms with Crippen molar-refractivity contribution < 1.29 is 4.42 Å². The molecule has 0 unspecified atom stereocenters. The molecule has 0 spiro atoms. The second kappa shape index (κ2) is 11.9. The van der Waals surface area contributed by atoms with Crippen LogP contribution in [0.15, 0.2) is 199 Å². The van der Waals surface area contributed by atoms with Gasteiger partial charge in [-0.15, -0.1) is 0 Å². The lowest BCUT2D eigenvalue weighted by atomic mass is 10.00. The lowest BCUT2D eigenvalue weighted by Gasteiger charge is -2.28. The molecule has 0 aliphatic rings. The number of rotatable bonds is 6. The van der Waals surface area contributed by atoms with Gasteiger partial charge in [-0.2, -0.15) is 0 Å². The smallest absolute Gasteiger partial charge is 0.143 e. The number of hydrogen-bond acceptors (Lipinski definition) is 2. The third-order valence-corrected chi connectivity index (χ3v) is 10.0. The number of para-hydroxylation sites is 5. The van der Waals surface area contributed by atoms with Gasteiger partial charge in [-0.3, -0.25) is 0 Å². The summed E-state index contributed by atoms with van der Waals surface area (Å²) in [7, 11) is 0. The summed E-state index contributed by atoms with van der Waals surface area (Å²) in [5, 5.41) is 4.73. The maximum atomic E-state index is 6.42. The molecule has 0 atom stereocenters. The first-order chi connectivity index (χ1) is 25.3. The third kappa shape index (κ3) is 4.82. The molecule has 0 radical (unpaired) electrons. The maximum Gasteiger partial charge on any atom is 0.143 e. The van der Waals surface area contributed by atoms with Gasteiger partial charge in [0.25, 0.3) is 0 Å². The van der Waals surface area contributed by atoms with Gasteiger partial charge in [0.15, 0.2) is 0 Å². The Morgan fingerprint density at radius 3 is 1.84 bits per heavy atom. The molecule has 10 rings (SSSR count). The quantitative estimate of drug-likeness (QED) is 0.178. The number of fused-ring (bicyclic) bond motifs is 6. The minimum Gasteiger partial charge on any atom is -0.455 e. The van der Waals surface area contributed by atoms with Crippen molar-refractivity contribution in [1.29, 1.82) is 0 Å². The van der Waals surface area contributed by atoms with Crippen LogP contribution in [0.5, 0.6) is 0 Å². The molecular formula is C48H32N2O. The monoisotopic (exact) mass is 652 g/mol. The Balaban J connectivity index is 1.18. The summed E-state index contributed by atoms with van der Waals surface area (Å²) < 4.78 is 8.80. The zero-order valence-electron chi connectivity index (χ0n) is 27.8. The number of hydrogen-bond donors (Lipinski definition) is 0. The molecule has 2 heterocycles. The highest BCUT2D eigenvalue weighted by Gasteiger charge is 2.20. The molecule has 0 fully saturated rings. The predicted molar refractivity (Wildman–Crippen MR) is 214 cm³/mol. The fraction of sp³-hybridized carbons (Fsp3) is 0. The van der Waals surface area contributed by atoms with Crippen LogP contribution in [0.4, 0.5) is 17.1 Å². The zero-order chi connectivity index (χ0) is 33.7. The van der Waals surface area contributed by atoms with Crippen molar-refractivity contribution in [2.75, 3.05) is 4.90 Å². The first-order valence-corrected chi connectivity index (χ1v) is 17.4. The highest BCUT2D eigenvalue weighted by molar-refractivity contribution is 6.11. The van der Waals surface area contributed by atoms with Crippen LogP contribution in [-0.2, 0) is 0 Å². The van der Waals surface area contributed by atoms with Crippen molar-refractivity contribution in [2.45, 2.75) is 0 Å². The third-order valence-electron chi connectivity index (χ3n) is 10.0. The maximum absolute atomic E-state index is 6.42. The minimum atomic E-state index is 0.906. The summed E-state index contributed by atoms with van der Waals surface area (Å²) in [4.78, 5) is 2.39. The molecule has 240 valence electrons. The minimum absolute atomic E-state index is 0.906.